The SMILES string of the molecule is CN=C(NCCc1c(OC)cc(OC)cc1OC)N(C)Cc1ccc(OC)cc1OC. The summed E-state index contributed by atoms with van der Waals surface area (Å²) in [6.07, 6.45) is 0.690. The second-order valence-corrected chi connectivity index (χ2v) is 6.77. The third-order valence-electron chi connectivity index (χ3n) is 4.95. The summed E-state index contributed by atoms with van der Waals surface area (Å²) >= 11 is 0. The van der Waals surface area contributed by atoms with Crippen LogP contribution in [-0.2, 0) is 13.0 Å². The maximum Gasteiger partial charge on any atom is 0.193 e. The Morgan fingerprint density at radius 1 is 0.839 bits per heavy atom. The van der Waals surface area contributed by atoms with Gasteiger partial charge in [-0.05, 0) is 18.6 Å². The zero-order valence-electron chi connectivity index (χ0n) is 19.4. The standard InChI is InChI=1S/C23H33N3O5/c1-24-23(26(2)15-16-8-9-17(27-3)12-20(16)29-5)25-11-10-19-21(30-6)13-18(28-4)14-22(19)31-7/h8-9,12-14H,10-11,15H2,1-7H3,(H,24,25). The molecule has 0 radical (unpaired) electrons. The van der Waals surface area contributed by atoms with Gasteiger partial charge in [0.15, 0.2) is 5.96 Å². The van der Waals surface area contributed by atoms with Crippen LogP contribution < -0.4 is 29.0 Å². The van der Waals surface area contributed by atoms with Crippen LogP contribution >= 0.6 is 0 Å². The summed E-state index contributed by atoms with van der Waals surface area (Å²) < 4.78 is 27.2. The number of guanidine groups is 1. The third kappa shape index (κ3) is 6.10. The highest BCUT2D eigenvalue weighted by molar-refractivity contribution is 5.79. The lowest BCUT2D eigenvalue weighted by Gasteiger charge is -2.23. The Labute approximate surface area is 184 Å². The summed E-state index contributed by atoms with van der Waals surface area (Å²) in [4.78, 5) is 6.44. The Morgan fingerprint density at radius 3 is 1.94 bits per heavy atom. The van der Waals surface area contributed by atoms with E-state index in [1.807, 2.05) is 42.3 Å². The monoisotopic (exact) mass is 431 g/mol. The van der Waals surface area contributed by atoms with Crippen LogP contribution in [-0.4, -0.2) is 67.0 Å². The maximum atomic E-state index is 5.53. The van der Waals surface area contributed by atoms with Crippen molar-refractivity contribution in [1.82, 2.24) is 10.2 Å². The van der Waals surface area contributed by atoms with Crippen molar-refractivity contribution in [3.8, 4) is 28.7 Å². The zero-order valence-corrected chi connectivity index (χ0v) is 19.4. The van der Waals surface area contributed by atoms with Gasteiger partial charge in [-0.15, -0.1) is 0 Å². The smallest absolute Gasteiger partial charge is 0.193 e. The van der Waals surface area contributed by atoms with E-state index in [1.54, 1.807) is 42.6 Å². The van der Waals surface area contributed by atoms with Gasteiger partial charge in [0.1, 0.15) is 28.7 Å². The average Bonchev–Trinajstić information content (AvgIpc) is 2.81. The molecular formula is C23H33N3O5. The molecule has 8 nitrogen and oxygen atoms in total. The lowest BCUT2D eigenvalue weighted by molar-refractivity contribution is 0.368. The van der Waals surface area contributed by atoms with Crippen LogP contribution in [0.25, 0.3) is 0 Å². The van der Waals surface area contributed by atoms with Gasteiger partial charge in [0.25, 0.3) is 0 Å². The van der Waals surface area contributed by atoms with Crippen molar-refractivity contribution in [3.63, 3.8) is 0 Å². The summed E-state index contributed by atoms with van der Waals surface area (Å²) in [6, 6.07) is 9.50. The highest BCUT2D eigenvalue weighted by Crippen LogP contribution is 2.34. The molecule has 0 aliphatic heterocycles. The molecular weight excluding hydrogens is 398 g/mol. The van der Waals surface area contributed by atoms with Gasteiger partial charge in [-0.1, -0.05) is 0 Å². The van der Waals surface area contributed by atoms with E-state index in [0.29, 0.717) is 25.3 Å². The minimum absolute atomic E-state index is 0.627. The molecule has 170 valence electrons. The average molecular weight is 432 g/mol. The van der Waals surface area contributed by atoms with Crippen LogP contribution in [0.1, 0.15) is 11.1 Å². The van der Waals surface area contributed by atoms with Crippen LogP contribution in [0.3, 0.4) is 0 Å². The van der Waals surface area contributed by atoms with E-state index in [4.69, 9.17) is 23.7 Å². The first-order chi connectivity index (χ1) is 15.0. The van der Waals surface area contributed by atoms with Gasteiger partial charge >= 0.3 is 0 Å². The first-order valence-corrected chi connectivity index (χ1v) is 9.92. The van der Waals surface area contributed by atoms with Crippen molar-refractivity contribution in [2.24, 2.45) is 4.99 Å². The Balaban J connectivity index is 2.06. The number of nitrogens with zero attached hydrogens (tertiary/aromatic N) is 2. The maximum absolute atomic E-state index is 5.53. The minimum atomic E-state index is 0.627. The Hall–Kier alpha value is -3.29. The van der Waals surface area contributed by atoms with Gasteiger partial charge in [0.2, 0.25) is 0 Å². The van der Waals surface area contributed by atoms with Crippen LogP contribution in [0.15, 0.2) is 35.3 Å². The van der Waals surface area contributed by atoms with Gasteiger partial charge in [-0.3, -0.25) is 4.99 Å². The zero-order chi connectivity index (χ0) is 22.8. The van der Waals surface area contributed by atoms with Crippen molar-refractivity contribution in [2.75, 3.05) is 56.2 Å². The molecule has 0 bridgehead atoms. The Bertz CT molecular complexity index is 861. The summed E-state index contributed by atoms with van der Waals surface area (Å²) in [5.41, 5.74) is 2.00. The molecule has 8 heteroatoms. The van der Waals surface area contributed by atoms with Crippen molar-refractivity contribution in [3.05, 3.63) is 41.5 Å². The lowest BCUT2D eigenvalue weighted by Crippen LogP contribution is -2.39. The lowest BCUT2D eigenvalue weighted by atomic mass is 10.1. The van der Waals surface area contributed by atoms with Crippen molar-refractivity contribution in [2.45, 2.75) is 13.0 Å². The van der Waals surface area contributed by atoms with Crippen LogP contribution in [0.5, 0.6) is 28.7 Å². The second-order valence-electron chi connectivity index (χ2n) is 6.77. The Kier molecular flexibility index (Phi) is 9.12. The second kappa shape index (κ2) is 11.8. The molecule has 0 aromatic heterocycles. The summed E-state index contributed by atoms with van der Waals surface area (Å²) in [5.74, 6) is 4.44. The number of ether oxygens (including phenoxy) is 5. The predicted octanol–water partition coefficient (Wildman–Crippen LogP) is 2.98. The van der Waals surface area contributed by atoms with Crippen LogP contribution in [0.2, 0.25) is 0 Å². The minimum Gasteiger partial charge on any atom is -0.497 e. The number of hydrogen-bond acceptors (Lipinski definition) is 6. The van der Waals surface area contributed by atoms with Crippen molar-refractivity contribution < 1.29 is 23.7 Å². The van der Waals surface area contributed by atoms with E-state index in [9.17, 15) is 0 Å². The summed E-state index contributed by atoms with van der Waals surface area (Å²) in [5, 5.41) is 3.40. The van der Waals surface area contributed by atoms with E-state index in [2.05, 4.69) is 10.3 Å². The van der Waals surface area contributed by atoms with Crippen LogP contribution in [0, 0.1) is 0 Å². The van der Waals surface area contributed by atoms with Gasteiger partial charge in [-0.25, -0.2) is 0 Å². The number of rotatable bonds is 10. The van der Waals surface area contributed by atoms with Gasteiger partial charge in [0, 0.05) is 56.5 Å². The quantitative estimate of drug-likeness (QED) is 0.458. The molecule has 0 spiro atoms. The molecule has 0 atom stereocenters. The van der Waals surface area contributed by atoms with E-state index in [-0.39, 0.29) is 0 Å². The molecule has 2 aromatic carbocycles. The predicted molar refractivity (Wildman–Crippen MR) is 122 cm³/mol. The van der Waals surface area contributed by atoms with E-state index < -0.39 is 0 Å². The van der Waals surface area contributed by atoms with E-state index in [1.165, 1.54) is 0 Å². The highest BCUT2D eigenvalue weighted by Gasteiger charge is 2.15. The fourth-order valence-corrected chi connectivity index (χ4v) is 3.32. The molecule has 0 saturated carbocycles. The number of methoxy groups -OCH3 is 5. The van der Waals surface area contributed by atoms with E-state index in [0.717, 1.165) is 40.1 Å². The molecule has 31 heavy (non-hydrogen) atoms. The largest absolute Gasteiger partial charge is 0.497 e. The number of aliphatic imine (C=N–C) groups is 1. The summed E-state index contributed by atoms with van der Waals surface area (Å²) in [6.45, 7) is 1.28. The molecule has 0 fully saturated rings. The fraction of sp³-hybridized carbons (Fsp3) is 0.435. The normalized spacial score (nSPS) is 11.0. The molecule has 0 amide bonds. The first-order valence-electron chi connectivity index (χ1n) is 9.92. The van der Waals surface area contributed by atoms with Crippen molar-refractivity contribution >= 4 is 5.96 Å². The molecule has 2 aromatic rings. The molecule has 2 rings (SSSR count). The topological polar surface area (TPSA) is 73.8 Å². The number of nitrogens with one attached hydrogen (secondary N) is 1. The molecule has 0 unspecified atom stereocenters. The number of benzene rings is 2. The number of hydrogen-bond donors (Lipinski definition) is 1. The first kappa shape index (κ1) is 24.0. The summed E-state index contributed by atoms with van der Waals surface area (Å²) in [7, 11) is 11.9. The van der Waals surface area contributed by atoms with Crippen molar-refractivity contribution in [1.29, 1.82) is 0 Å². The molecule has 1 N–H and O–H groups in total. The molecule has 0 aliphatic carbocycles. The highest BCUT2D eigenvalue weighted by atomic mass is 16.5. The van der Waals surface area contributed by atoms with E-state index >= 15 is 0 Å². The van der Waals surface area contributed by atoms with Gasteiger partial charge in [-0.2, -0.15) is 0 Å². The van der Waals surface area contributed by atoms with Gasteiger partial charge in [0.05, 0.1) is 35.5 Å². The third-order valence-corrected chi connectivity index (χ3v) is 4.95. The molecule has 0 aliphatic rings. The van der Waals surface area contributed by atoms with Gasteiger partial charge < -0.3 is 33.9 Å². The molecule has 0 saturated heterocycles. The van der Waals surface area contributed by atoms with Crippen LogP contribution in [0.4, 0.5) is 0 Å². The Morgan fingerprint density at radius 2 is 1.42 bits per heavy atom. The molecule has 0 heterocycles. The fourth-order valence-electron chi connectivity index (χ4n) is 3.32.